The summed E-state index contributed by atoms with van der Waals surface area (Å²) in [4.78, 5) is 4.60. The maximum absolute atomic E-state index is 5.24. The summed E-state index contributed by atoms with van der Waals surface area (Å²) in [5.41, 5.74) is 1.33. The van der Waals surface area contributed by atoms with E-state index in [-0.39, 0.29) is 0 Å². The number of nitrogens with zero attached hydrogens (tertiary/aromatic N) is 1. The van der Waals surface area contributed by atoms with Gasteiger partial charge in [0, 0.05) is 18.6 Å². The minimum Gasteiger partial charge on any atom is -0.380 e. The van der Waals surface area contributed by atoms with E-state index in [0.717, 1.165) is 6.61 Å². The Labute approximate surface area is 93.3 Å². The maximum atomic E-state index is 5.24. The summed E-state index contributed by atoms with van der Waals surface area (Å²) in [6, 6.07) is 7.07. The van der Waals surface area contributed by atoms with Crippen LogP contribution < -0.4 is 5.32 Å². The van der Waals surface area contributed by atoms with Crippen molar-refractivity contribution in [3.05, 3.63) is 23.9 Å². The Balaban J connectivity index is 2.17. The quantitative estimate of drug-likeness (QED) is 0.727. The fourth-order valence-electron chi connectivity index (χ4n) is 2.47. The van der Waals surface area contributed by atoms with Crippen LogP contribution in [-0.2, 0) is 11.3 Å². The van der Waals surface area contributed by atoms with Gasteiger partial charge in [-0.2, -0.15) is 0 Å². The summed E-state index contributed by atoms with van der Waals surface area (Å²) in [5.74, 6) is 0. The highest BCUT2D eigenvalue weighted by Crippen LogP contribution is 2.19. The Morgan fingerprint density at radius 3 is 2.87 bits per heavy atom. The molecule has 1 saturated heterocycles. The van der Waals surface area contributed by atoms with Gasteiger partial charge in [-0.1, -0.05) is 37.4 Å². The largest absolute Gasteiger partial charge is 0.380 e. The summed E-state index contributed by atoms with van der Waals surface area (Å²) in [5, 5.41) is 1.42. The van der Waals surface area contributed by atoms with E-state index in [1.807, 2.05) is 12.3 Å². The van der Waals surface area contributed by atoms with E-state index in [0.29, 0.717) is 0 Å². The standard InChI is InChI=1S/C12H19NOSi/c1-14-10-11-6-5-7-13-12(11)15-8-3-2-4-9-15/h5-7,15H,2-4,8-10H2,1H3. The summed E-state index contributed by atoms with van der Waals surface area (Å²) in [6.07, 6.45) is 6.20. The topological polar surface area (TPSA) is 22.1 Å². The van der Waals surface area contributed by atoms with Crippen LogP contribution in [0.15, 0.2) is 18.3 Å². The second kappa shape index (κ2) is 5.42. The van der Waals surface area contributed by atoms with Crippen LogP contribution in [0.4, 0.5) is 0 Å². The van der Waals surface area contributed by atoms with Crippen LogP contribution in [0.3, 0.4) is 0 Å². The van der Waals surface area contributed by atoms with Gasteiger partial charge in [0.2, 0.25) is 0 Å². The second-order valence-corrected chi connectivity index (χ2v) is 7.41. The molecule has 0 bridgehead atoms. The highest BCUT2D eigenvalue weighted by molar-refractivity contribution is 6.73. The zero-order valence-electron chi connectivity index (χ0n) is 9.41. The molecule has 15 heavy (non-hydrogen) atoms. The Kier molecular flexibility index (Phi) is 3.91. The first-order valence-corrected chi connectivity index (χ1v) is 8.05. The minimum absolute atomic E-state index is 0.729. The Hall–Kier alpha value is -0.673. The molecule has 0 atom stereocenters. The number of aromatic nitrogens is 1. The van der Waals surface area contributed by atoms with Gasteiger partial charge in [-0.25, -0.2) is 0 Å². The lowest BCUT2D eigenvalue weighted by Crippen LogP contribution is -2.37. The molecule has 0 unspecified atom stereocenters. The van der Waals surface area contributed by atoms with Crippen molar-refractivity contribution >= 4 is 14.1 Å². The molecule has 0 radical (unpaired) electrons. The third-order valence-electron chi connectivity index (χ3n) is 3.22. The van der Waals surface area contributed by atoms with Crippen LogP contribution in [0.25, 0.3) is 0 Å². The fourth-order valence-corrected chi connectivity index (χ4v) is 5.87. The molecule has 2 rings (SSSR count). The van der Waals surface area contributed by atoms with Gasteiger partial charge in [-0.15, -0.1) is 0 Å². The second-order valence-electron chi connectivity index (χ2n) is 4.32. The average Bonchev–Trinajstić information content (AvgIpc) is 2.31. The van der Waals surface area contributed by atoms with Crippen LogP contribution in [-0.4, -0.2) is 20.9 Å². The van der Waals surface area contributed by atoms with Crippen LogP contribution in [0, 0.1) is 0 Å². The lowest BCUT2D eigenvalue weighted by Gasteiger charge is -2.21. The summed E-state index contributed by atoms with van der Waals surface area (Å²) < 4.78 is 5.24. The highest BCUT2D eigenvalue weighted by Gasteiger charge is 2.20. The SMILES string of the molecule is COCc1cccnc1[SiH]1CCCCC1. The van der Waals surface area contributed by atoms with E-state index in [9.17, 15) is 0 Å². The zero-order valence-corrected chi connectivity index (χ0v) is 10.6. The lowest BCUT2D eigenvalue weighted by atomic mass is 10.3. The molecule has 2 nitrogen and oxygen atoms in total. The van der Waals surface area contributed by atoms with Crippen molar-refractivity contribution in [3.63, 3.8) is 0 Å². The van der Waals surface area contributed by atoms with Gasteiger partial charge >= 0.3 is 0 Å². The van der Waals surface area contributed by atoms with E-state index in [1.165, 1.54) is 42.2 Å². The molecule has 0 aliphatic carbocycles. The smallest absolute Gasteiger partial charge is 0.0949 e. The van der Waals surface area contributed by atoms with Crippen molar-refractivity contribution in [2.75, 3.05) is 7.11 Å². The predicted octanol–water partition coefficient (Wildman–Crippen LogP) is 1.85. The monoisotopic (exact) mass is 221 g/mol. The number of ether oxygens (including phenoxy) is 1. The molecule has 1 aliphatic rings. The molecular weight excluding hydrogens is 202 g/mol. The van der Waals surface area contributed by atoms with Crippen molar-refractivity contribution in [1.29, 1.82) is 0 Å². The lowest BCUT2D eigenvalue weighted by molar-refractivity contribution is 0.185. The normalized spacial score (nSPS) is 17.9. The number of methoxy groups -OCH3 is 1. The first-order chi connectivity index (χ1) is 7.42. The summed E-state index contributed by atoms with van der Waals surface area (Å²) in [7, 11) is 1.02. The third-order valence-corrected chi connectivity index (χ3v) is 6.72. The van der Waals surface area contributed by atoms with E-state index >= 15 is 0 Å². The highest BCUT2D eigenvalue weighted by atomic mass is 28.3. The minimum atomic E-state index is -0.747. The maximum Gasteiger partial charge on any atom is 0.0949 e. The molecule has 0 aromatic carbocycles. The van der Waals surface area contributed by atoms with E-state index in [2.05, 4.69) is 11.1 Å². The van der Waals surface area contributed by atoms with Crippen molar-refractivity contribution in [2.45, 2.75) is 38.0 Å². The van der Waals surface area contributed by atoms with E-state index < -0.39 is 8.80 Å². The first kappa shape index (κ1) is 10.8. The van der Waals surface area contributed by atoms with Gasteiger partial charge in [-0.3, -0.25) is 4.98 Å². The fraction of sp³-hybridized carbons (Fsp3) is 0.583. The molecule has 0 N–H and O–H groups in total. The van der Waals surface area contributed by atoms with Crippen molar-refractivity contribution in [2.24, 2.45) is 0 Å². The average molecular weight is 221 g/mol. The first-order valence-electron chi connectivity index (χ1n) is 5.84. The van der Waals surface area contributed by atoms with Gasteiger partial charge in [0.05, 0.1) is 15.4 Å². The number of rotatable bonds is 3. The van der Waals surface area contributed by atoms with Gasteiger partial charge in [0.1, 0.15) is 0 Å². The van der Waals surface area contributed by atoms with Crippen LogP contribution >= 0.6 is 0 Å². The zero-order chi connectivity index (χ0) is 10.5. The van der Waals surface area contributed by atoms with Crippen molar-refractivity contribution < 1.29 is 4.74 Å². The van der Waals surface area contributed by atoms with Gasteiger partial charge < -0.3 is 4.74 Å². The molecule has 0 amide bonds. The molecule has 1 aromatic rings. The molecule has 82 valence electrons. The van der Waals surface area contributed by atoms with Crippen molar-refractivity contribution in [1.82, 2.24) is 4.98 Å². The number of pyridine rings is 1. The van der Waals surface area contributed by atoms with E-state index in [4.69, 9.17) is 4.74 Å². The Morgan fingerprint density at radius 2 is 2.13 bits per heavy atom. The molecule has 1 aromatic heterocycles. The Bertz CT molecular complexity index is 310. The van der Waals surface area contributed by atoms with Crippen molar-refractivity contribution in [3.8, 4) is 0 Å². The van der Waals surface area contributed by atoms with Gasteiger partial charge in [0.15, 0.2) is 0 Å². The van der Waals surface area contributed by atoms with Gasteiger partial charge in [-0.05, 0) is 11.6 Å². The third kappa shape index (κ3) is 2.67. The van der Waals surface area contributed by atoms with E-state index in [1.54, 1.807) is 7.11 Å². The summed E-state index contributed by atoms with van der Waals surface area (Å²) in [6.45, 7) is 0.729. The van der Waals surface area contributed by atoms with Gasteiger partial charge in [0.25, 0.3) is 0 Å². The number of hydrogen-bond donors (Lipinski definition) is 0. The molecule has 0 saturated carbocycles. The molecule has 1 aliphatic heterocycles. The molecule has 2 heterocycles. The Morgan fingerprint density at radius 1 is 1.33 bits per heavy atom. The summed E-state index contributed by atoms with van der Waals surface area (Å²) >= 11 is 0. The predicted molar refractivity (Wildman–Crippen MR) is 65.2 cm³/mol. The van der Waals surface area contributed by atoms with Crippen LogP contribution in [0.1, 0.15) is 24.8 Å². The molecule has 3 heteroatoms. The number of hydrogen-bond acceptors (Lipinski definition) is 2. The molecule has 1 fully saturated rings. The van der Waals surface area contributed by atoms with Crippen LogP contribution in [0.2, 0.25) is 12.1 Å². The molecular formula is C12H19NOSi. The molecule has 0 spiro atoms. The van der Waals surface area contributed by atoms with Crippen LogP contribution in [0.5, 0.6) is 0 Å².